The molecule has 29 heteroatoms. The van der Waals surface area contributed by atoms with Gasteiger partial charge in [-0.05, 0) is 50.6 Å². The van der Waals surface area contributed by atoms with Crippen LogP contribution in [-0.2, 0) is 37.3 Å². The van der Waals surface area contributed by atoms with E-state index in [-0.39, 0.29) is 52.1 Å². The number of aliphatic carboxylic acids is 1. The number of amides is 3. The Morgan fingerprint density at radius 2 is 1.60 bits per heavy atom. The van der Waals surface area contributed by atoms with E-state index in [2.05, 4.69) is 20.3 Å². The van der Waals surface area contributed by atoms with Crippen LogP contribution in [0.3, 0.4) is 0 Å². The first kappa shape index (κ1) is 54.7. The third-order valence-electron chi connectivity index (χ3n) is 7.77. The molecular formula is C36H44ClF3N9O14PS. The predicted molar refractivity (Wildman–Crippen MR) is 225 cm³/mol. The molecule has 6 N–H and O–H groups in total. The van der Waals surface area contributed by atoms with E-state index in [1.165, 1.54) is 76.4 Å². The summed E-state index contributed by atoms with van der Waals surface area (Å²) < 4.78 is 91.9. The number of urea groups is 1. The lowest BCUT2D eigenvalue weighted by molar-refractivity contribution is -0.144. The standard InChI is InChI=1S/C16H14ClF3N2O4.C15H18N6O6S.C5H12NO4P/c1-8(2)26-14(24)10-6-9(4-5-11(10)17)22-13(23)7-12(16(18,19)20)21(3)15(22)25;1-21(2)13(22)9-6-5-7-16-12(9)28(24,25)20-15(23)19-14-17-10(26-3)8-11(18-14)27-4;1-11(9,10)3-2-4(6)5(7)8/h4-8H,1-3H3;5-8H,1-4H3,(H2,17,18,19,20,23);4H,2-3,6H2,1H3,(H,7,8)(H,9,10). The van der Waals surface area contributed by atoms with Crippen molar-refractivity contribution in [2.75, 3.05) is 46.5 Å². The number of esters is 1. The van der Waals surface area contributed by atoms with Gasteiger partial charge >= 0.3 is 29.8 Å². The molecule has 4 aromatic rings. The average Bonchev–Trinajstić information content (AvgIpc) is 3.20. The number of pyridine rings is 1. The van der Waals surface area contributed by atoms with Crippen molar-refractivity contribution >= 4 is 58.8 Å². The molecule has 356 valence electrons. The quantitative estimate of drug-likeness (QED) is 0.0949. The van der Waals surface area contributed by atoms with Gasteiger partial charge < -0.3 is 34.8 Å². The zero-order chi connectivity index (χ0) is 49.8. The number of hydrogen-bond acceptors (Lipinski definition) is 16. The van der Waals surface area contributed by atoms with Crippen molar-refractivity contribution < 1.29 is 69.5 Å². The maximum absolute atomic E-state index is 12.9. The summed E-state index contributed by atoms with van der Waals surface area (Å²) in [4.78, 5) is 92.2. The molecule has 23 nitrogen and oxygen atoms in total. The van der Waals surface area contributed by atoms with E-state index in [4.69, 9.17) is 41.5 Å². The zero-order valence-electron chi connectivity index (χ0n) is 35.6. The molecule has 3 aromatic heterocycles. The van der Waals surface area contributed by atoms with Crippen molar-refractivity contribution in [1.82, 2.24) is 33.7 Å². The molecule has 0 radical (unpaired) electrons. The molecule has 3 amide bonds. The van der Waals surface area contributed by atoms with Gasteiger partial charge in [0.2, 0.25) is 17.7 Å². The maximum Gasteiger partial charge on any atom is 0.431 e. The summed E-state index contributed by atoms with van der Waals surface area (Å²) in [6.07, 6.45) is -4.11. The lowest BCUT2D eigenvalue weighted by Crippen LogP contribution is -2.40. The number of sulfonamides is 1. The Labute approximate surface area is 372 Å². The molecule has 65 heavy (non-hydrogen) atoms. The Hall–Kier alpha value is -6.41. The molecule has 0 aliphatic heterocycles. The summed E-state index contributed by atoms with van der Waals surface area (Å²) in [6.45, 7) is 4.42. The number of nitrogens with one attached hydrogen (secondary N) is 2. The molecule has 3 heterocycles. The normalized spacial score (nSPS) is 12.5. The van der Waals surface area contributed by atoms with E-state index in [9.17, 15) is 54.9 Å². The van der Waals surface area contributed by atoms with Crippen LogP contribution in [0.4, 0.5) is 23.9 Å². The van der Waals surface area contributed by atoms with Crippen molar-refractivity contribution in [2.24, 2.45) is 12.8 Å². The molecular weight excluding hydrogens is 938 g/mol. The number of rotatable bonds is 13. The summed E-state index contributed by atoms with van der Waals surface area (Å²) in [5.74, 6) is -2.59. The number of benzene rings is 1. The van der Waals surface area contributed by atoms with E-state index in [1.807, 2.05) is 0 Å². The summed E-state index contributed by atoms with van der Waals surface area (Å²) in [7, 11) is -1.06. The van der Waals surface area contributed by atoms with Crippen molar-refractivity contribution in [1.29, 1.82) is 0 Å². The number of ether oxygens (including phenoxy) is 3. The van der Waals surface area contributed by atoms with E-state index in [1.54, 1.807) is 18.6 Å². The molecule has 0 saturated heterocycles. The van der Waals surface area contributed by atoms with Gasteiger partial charge in [0.15, 0.2) is 12.4 Å². The van der Waals surface area contributed by atoms with E-state index in [0.717, 1.165) is 13.1 Å². The number of carbonyl (C=O) groups is 4. The third kappa shape index (κ3) is 16.3. The fourth-order valence-electron chi connectivity index (χ4n) is 4.70. The fourth-order valence-corrected chi connectivity index (χ4v) is 6.69. The number of carbonyl (C=O) groups excluding carboxylic acids is 3. The minimum Gasteiger partial charge on any atom is -0.481 e. The minimum atomic E-state index is -4.86. The highest BCUT2D eigenvalue weighted by Crippen LogP contribution is 2.35. The molecule has 1 aromatic carbocycles. The van der Waals surface area contributed by atoms with Gasteiger partial charge in [-0.15, -0.1) is 0 Å². The van der Waals surface area contributed by atoms with Gasteiger partial charge in [-0.1, -0.05) is 11.6 Å². The van der Waals surface area contributed by atoms with Crippen molar-refractivity contribution in [3.63, 3.8) is 0 Å². The third-order valence-corrected chi connectivity index (χ3v) is 10.5. The first-order valence-electron chi connectivity index (χ1n) is 18.1. The molecule has 0 saturated carbocycles. The number of carboxylic acid groups (broad SMARTS) is 1. The Bertz CT molecular complexity index is 2660. The van der Waals surface area contributed by atoms with Crippen LogP contribution in [0.25, 0.3) is 5.69 Å². The SMILES string of the molecule is CC(C)OC(=O)c1cc(-n2c(=O)cc(C(F)(F)F)n(C)c2=O)ccc1Cl.COc1cc(OC)nc(NC(=O)NS(=O)(=O)c2ncccc2C(=O)N(C)C)n1.CP(=O)(O)CCC(N)C(=O)O. The van der Waals surface area contributed by atoms with Crippen LogP contribution in [0, 0.1) is 0 Å². The largest absolute Gasteiger partial charge is 0.481 e. The van der Waals surface area contributed by atoms with E-state index >= 15 is 0 Å². The van der Waals surface area contributed by atoms with E-state index < -0.39 is 81.6 Å². The summed E-state index contributed by atoms with van der Waals surface area (Å²) in [6, 6.07) is 5.78. The second-order valence-electron chi connectivity index (χ2n) is 13.6. The topological polar surface area (TPSA) is 324 Å². The molecule has 0 bridgehead atoms. The van der Waals surface area contributed by atoms with Gasteiger partial charge in [-0.25, -0.2) is 28.7 Å². The van der Waals surface area contributed by atoms with Crippen molar-refractivity contribution in [2.45, 2.75) is 43.6 Å². The van der Waals surface area contributed by atoms with Crippen LogP contribution in [-0.4, -0.2) is 125 Å². The number of aromatic nitrogens is 5. The highest BCUT2D eigenvalue weighted by molar-refractivity contribution is 7.90. The number of nitrogens with zero attached hydrogens (tertiary/aromatic N) is 6. The number of alkyl halides is 3. The summed E-state index contributed by atoms with van der Waals surface area (Å²) in [5, 5.41) is 9.86. The van der Waals surface area contributed by atoms with Crippen LogP contribution in [0.1, 0.15) is 46.7 Å². The first-order chi connectivity index (χ1) is 29.9. The predicted octanol–water partition coefficient (Wildman–Crippen LogP) is 2.56. The van der Waals surface area contributed by atoms with Gasteiger partial charge in [0.1, 0.15) is 11.7 Å². The van der Waals surface area contributed by atoms with Gasteiger partial charge in [0.05, 0.1) is 48.2 Å². The Balaban J connectivity index is 0.000000365. The van der Waals surface area contributed by atoms with Crippen LogP contribution in [0.5, 0.6) is 11.8 Å². The number of anilines is 1. The molecule has 2 unspecified atom stereocenters. The second kappa shape index (κ2) is 23.0. The van der Waals surface area contributed by atoms with Crippen LogP contribution in [0.15, 0.2) is 63.3 Å². The lowest BCUT2D eigenvalue weighted by Gasteiger charge is -2.15. The van der Waals surface area contributed by atoms with Crippen LogP contribution in [0.2, 0.25) is 5.02 Å². The highest BCUT2D eigenvalue weighted by Gasteiger charge is 2.35. The fraction of sp³-hybridized carbons (Fsp3) is 0.361. The molecule has 0 aliphatic carbocycles. The van der Waals surface area contributed by atoms with Gasteiger partial charge in [0.25, 0.3) is 21.5 Å². The van der Waals surface area contributed by atoms with Crippen LogP contribution < -0.4 is 36.5 Å². The second-order valence-corrected chi connectivity index (χ2v) is 18.1. The Kier molecular flexibility index (Phi) is 19.3. The molecule has 4 rings (SSSR count). The number of nitrogens with two attached hydrogens (primary N) is 1. The molecule has 2 atom stereocenters. The van der Waals surface area contributed by atoms with Crippen LogP contribution >= 0.6 is 19.0 Å². The summed E-state index contributed by atoms with van der Waals surface area (Å²) >= 11 is 5.94. The van der Waals surface area contributed by atoms with Gasteiger partial charge in [-0.2, -0.15) is 31.6 Å². The Morgan fingerprint density at radius 3 is 2.09 bits per heavy atom. The Morgan fingerprint density at radius 1 is 1.02 bits per heavy atom. The maximum atomic E-state index is 12.9. The smallest absolute Gasteiger partial charge is 0.431 e. The number of halogens is 4. The lowest BCUT2D eigenvalue weighted by atomic mass is 10.2. The summed E-state index contributed by atoms with van der Waals surface area (Å²) in [5.41, 5.74) is 0.899. The number of methoxy groups -OCH3 is 2. The first-order valence-corrected chi connectivity index (χ1v) is 22.3. The molecule has 0 aliphatic rings. The van der Waals surface area contributed by atoms with Crippen molar-refractivity contribution in [3.05, 3.63) is 91.3 Å². The minimum absolute atomic E-state index is 0.0104. The van der Waals surface area contributed by atoms with Gasteiger partial charge in [-0.3, -0.25) is 28.8 Å². The van der Waals surface area contributed by atoms with E-state index in [0.29, 0.717) is 15.2 Å². The average molecular weight is 982 g/mol. The van der Waals surface area contributed by atoms with Gasteiger partial charge in [0, 0.05) is 46.2 Å². The van der Waals surface area contributed by atoms with Crippen molar-refractivity contribution in [3.8, 4) is 17.4 Å². The highest BCUT2D eigenvalue weighted by atomic mass is 35.5. The monoisotopic (exact) mass is 981 g/mol. The zero-order valence-corrected chi connectivity index (χ0v) is 38.1. The number of carboxylic acids is 1. The molecule has 0 spiro atoms. The molecule has 0 fully saturated rings. The number of hydrogen-bond donors (Lipinski definition) is 5.